The first-order chi connectivity index (χ1) is 8.40. The number of aliphatic carboxylic acids is 1. The molecular formula is C12H14BrNO3S. The summed E-state index contributed by atoms with van der Waals surface area (Å²) in [5, 5.41) is 10.9. The van der Waals surface area contributed by atoms with Crippen molar-refractivity contribution in [1.82, 2.24) is 0 Å². The smallest absolute Gasteiger partial charge is 0.316 e. The van der Waals surface area contributed by atoms with Crippen molar-refractivity contribution in [3.8, 4) is 0 Å². The van der Waals surface area contributed by atoms with Gasteiger partial charge < -0.3 is 10.4 Å². The van der Waals surface area contributed by atoms with E-state index in [0.717, 1.165) is 27.5 Å². The molecule has 0 aliphatic heterocycles. The molecule has 0 bridgehead atoms. The molecule has 4 nitrogen and oxygen atoms in total. The van der Waals surface area contributed by atoms with Crippen LogP contribution >= 0.6 is 27.7 Å². The number of carbonyl (C=O) groups is 2. The lowest BCUT2D eigenvalue weighted by atomic mass is 10.2. The van der Waals surface area contributed by atoms with Gasteiger partial charge in [-0.05, 0) is 37.6 Å². The van der Waals surface area contributed by atoms with E-state index < -0.39 is 11.2 Å². The first-order valence-electron chi connectivity index (χ1n) is 5.30. The first-order valence-corrected chi connectivity index (χ1v) is 7.14. The maximum Gasteiger partial charge on any atom is 0.316 e. The number of nitrogens with one attached hydrogen (secondary N) is 1. The van der Waals surface area contributed by atoms with Crippen molar-refractivity contribution < 1.29 is 14.7 Å². The quantitative estimate of drug-likeness (QED) is 0.870. The van der Waals surface area contributed by atoms with Crippen LogP contribution in [0.25, 0.3) is 0 Å². The van der Waals surface area contributed by atoms with E-state index >= 15 is 0 Å². The van der Waals surface area contributed by atoms with E-state index in [1.165, 1.54) is 0 Å². The van der Waals surface area contributed by atoms with Crippen LogP contribution in [0.4, 0.5) is 5.69 Å². The Hall–Kier alpha value is -1.01. The molecule has 1 atom stereocenters. The van der Waals surface area contributed by atoms with Crippen molar-refractivity contribution >= 4 is 45.3 Å². The Morgan fingerprint density at radius 3 is 2.72 bits per heavy atom. The minimum Gasteiger partial charge on any atom is -0.480 e. The van der Waals surface area contributed by atoms with Crippen molar-refractivity contribution in [3.63, 3.8) is 0 Å². The van der Waals surface area contributed by atoms with Gasteiger partial charge in [0, 0.05) is 10.2 Å². The third-order valence-corrected chi connectivity index (χ3v) is 3.90. The molecule has 0 fully saturated rings. The highest BCUT2D eigenvalue weighted by Gasteiger charge is 2.13. The number of carbonyl (C=O) groups excluding carboxylic acids is 1. The summed E-state index contributed by atoms with van der Waals surface area (Å²) in [4.78, 5) is 22.2. The number of thioether (sulfide) groups is 1. The second-order valence-electron chi connectivity index (χ2n) is 3.80. The summed E-state index contributed by atoms with van der Waals surface area (Å²) in [6, 6.07) is 5.56. The number of rotatable bonds is 5. The van der Waals surface area contributed by atoms with Gasteiger partial charge in [-0.1, -0.05) is 15.9 Å². The van der Waals surface area contributed by atoms with E-state index in [4.69, 9.17) is 5.11 Å². The molecule has 0 aromatic heterocycles. The lowest BCUT2D eigenvalue weighted by Gasteiger charge is -2.09. The summed E-state index contributed by atoms with van der Waals surface area (Å²) in [6.45, 7) is 3.46. The number of hydrogen-bond donors (Lipinski definition) is 2. The molecule has 6 heteroatoms. The lowest BCUT2D eigenvalue weighted by molar-refractivity contribution is -0.136. The van der Waals surface area contributed by atoms with Crippen LogP contribution in [0, 0.1) is 6.92 Å². The molecular weight excluding hydrogens is 318 g/mol. The minimum absolute atomic E-state index is 0.128. The second kappa shape index (κ2) is 6.80. The van der Waals surface area contributed by atoms with Gasteiger partial charge in [-0.15, -0.1) is 11.8 Å². The second-order valence-corrected chi connectivity index (χ2v) is 6.04. The topological polar surface area (TPSA) is 66.4 Å². The van der Waals surface area contributed by atoms with Crippen LogP contribution in [0.15, 0.2) is 22.7 Å². The normalized spacial score (nSPS) is 11.9. The predicted molar refractivity (Wildman–Crippen MR) is 77.1 cm³/mol. The largest absolute Gasteiger partial charge is 0.480 e. The first kappa shape index (κ1) is 15.0. The molecule has 0 aliphatic rings. The molecule has 0 radical (unpaired) electrons. The number of amides is 1. The van der Waals surface area contributed by atoms with Crippen molar-refractivity contribution in [1.29, 1.82) is 0 Å². The Morgan fingerprint density at radius 1 is 1.50 bits per heavy atom. The average Bonchev–Trinajstić information content (AvgIpc) is 2.29. The van der Waals surface area contributed by atoms with Crippen molar-refractivity contribution in [3.05, 3.63) is 28.2 Å². The van der Waals surface area contributed by atoms with E-state index in [1.807, 2.05) is 25.1 Å². The van der Waals surface area contributed by atoms with Gasteiger partial charge in [0.25, 0.3) is 0 Å². The van der Waals surface area contributed by atoms with Crippen LogP contribution in [-0.2, 0) is 9.59 Å². The van der Waals surface area contributed by atoms with Crippen LogP contribution < -0.4 is 5.32 Å². The Bertz CT molecular complexity index is 465. The van der Waals surface area contributed by atoms with Crippen LogP contribution in [0.3, 0.4) is 0 Å². The number of anilines is 1. The van der Waals surface area contributed by atoms with Crippen molar-refractivity contribution in [2.45, 2.75) is 19.1 Å². The molecule has 0 saturated carbocycles. The van der Waals surface area contributed by atoms with Crippen LogP contribution in [0.5, 0.6) is 0 Å². The predicted octanol–water partition coefficient (Wildman–Crippen LogP) is 2.90. The number of carboxylic acid groups (broad SMARTS) is 1. The number of benzene rings is 1. The lowest BCUT2D eigenvalue weighted by Crippen LogP contribution is -2.19. The van der Waals surface area contributed by atoms with E-state index in [9.17, 15) is 9.59 Å². The highest BCUT2D eigenvalue weighted by molar-refractivity contribution is 9.10. The summed E-state index contributed by atoms with van der Waals surface area (Å²) in [7, 11) is 0. The summed E-state index contributed by atoms with van der Waals surface area (Å²) in [5.41, 5.74) is 1.70. The molecule has 1 aromatic carbocycles. The van der Waals surface area contributed by atoms with E-state index in [0.29, 0.717) is 0 Å². The molecule has 18 heavy (non-hydrogen) atoms. The van der Waals surface area contributed by atoms with Gasteiger partial charge in [-0.25, -0.2) is 0 Å². The molecule has 1 amide bonds. The van der Waals surface area contributed by atoms with Gasteiger partial charge >= 0.3 is 5.97 Å². The van der Waals surface area contributed by atoms with Crippen molar-refractivity contribution in [2.24, 2.45) is 0 Å². The standard InChI is InChI=1S/C12H14BrNO3S/c1-7-5-9(13)3-4-10(7)14-11(15)6-18-8(2)12(16)17/h3-5,8H,6H2,1-2H3,(H,14,15)(H,16,17). The van der Waals surface area contributed by atoms with Gasteiger partial charge in [-0.2, -0.15) is 0 Å². The number of carboxylic acids is 1. The zero-order chi connectivity index (χ0) is 13.7. The Morgan fingerprint density at radius 2 is 2.17 bits per heavy atom. The van der Waals surface area contributed by atoms with Gasteiger partial charge in [-0.3, -0.25) is 9.59 Å². The van der Waals surface area contributed by atoms with Gasteiger partial charge in [0.05, 0.1) is 11.0 Å². The van der Waals surface area contributed by atoms with Gasteiger partial charge in [0.15, 0.2) is 0 Å². The van der Waals surface area contributed by atoms with Crippen molar-refractivity contribution in [2.75, 3.05) is 11.1 Å². The molecule has 1 unspecified atom stereocenters. The molecule has 0 aliphatic carbocycles. The fraction of sp³-hybridized carbons (Fsp3) is 0.333. The highest BCUT2D eigenvalue weighted by atomic mass is 79.9. The maximum absolute atomic E-state index is 11.6. The number of aryl methyl sites for hydroxylation is 1. The third kappa shape index (κ3) is 4.70. The van der Waals surface area contributed by atoms with Gasteiger partial charge in [0.1, 0.15) is 0 Å². The minimum atomic E-state index is -0.910. The molecule has 1 rings (SSSR count). The fourth-order valence-corrected chi connectivity index (χ4v) is 2.32. The summed E-state index contributed by atoms with van der Waals surface area (Å²) < 4.78 is 0.951. The monoisotopic (exact) mass is 331 g/mol. The average molecular weight is 332 g/mol. The fourth-order valence-electron chi connectivity index (χ4n) is 1.23. The molecule has 0 saturated heterocycles. The highest BCUT2D eigenvalue weighted by Crippen LogP contribution is 2.20. The SMILES string of the molecule is Cc1cc(Br)ccc1NC(=O)CSC(C)C(=O)O. The molecule has 0 spiro atoms. The van der Waals surface area contributed by atoms with Gasteiger partial charge in [0.2, 0.25) is 5.91 Å². The Kier molecular flexibility index (Phi) is 5.68. The number of halogens is 1. The molecule has 0 heterocycles. The molecule has 1 aromatic rings. The summed E-state index contributed by atoms with van der Waals surface area (Å²) >= 11 is 4.45. The third-order valence-electron chi connectivity index (χ3n) is 2.27. The zero-order valence-electron chi connectivity index (χ0n) is 10.1. The van der Waals surface area contributed by atoms with Crippen LogP contribution in [-0.4, -0.2) is 28.0 Å². The van der Waals surface area contributed by atoms with E-state index in [-0.39, 0.29) is 11.7 Å². The zero-order valence-corrected chi connectivity index (χ0v) is 12.5. The van der Waals surface area contributed by atoms with Crippen LogP contribution in [0.2, 0.25) is 0 Å². The maximum atomic E-state index is 11.6. The van der Waals surface area contributed by atoms with E-state index in [2.05, 4.69) is 21.2 Å². The number of hydrogen-bond acceptors (Lipinski definition) is 3. The Labute approximate surface area is 118 Å². The summed E-state index contributed by atoms with van der Waals surface area (Å²) in [5.74, 6) is -0.977. The molecule has 2 N–H and O–H groups in total. The van der Waals surface area contributed by atoms with E-state index in [1.54, 1.807) is 6.92 Å². The summed E-state index contributed by atoms with van der Waals surface area (Å²) in [6.07, 6.45) is 0. The Balaban J connectivity index is 2.52. The van der Waals surface area contributed by atoms with Crippen LogP contribution in [0.1, 0.15) is 12.5 Å². The molecule has 98 valence electrons.